The van der Waals surface area contributed by atoms with Crippen molar-refractivity contribution in [1.29, 1.82) is 0 Å². The van der Waals surface area contributed by atoms with Gasteiger partial charge in [0, 0.05) is 24.1 Å². The van der Waals surface area contributed by atoms with Gasteiger partial charge in [-0.25, -0.2) is 4.68 Å². The van der Waals surface area contributed by atoms with Crippen LogP contribution in [0.4, 0.5) is 5.69 Å². The minimum Gasteiger partial charge on any atom is -0.267 e. The molecule has 0 aliphatic heterocycles. The molecule has 1 saturated carbocycles. The third-order valence-corrected chi connectivity index (χ3v) is 3.18. The number of benzene rings is 1. The van der Waals surface area contributed by atoms with Gasteiger partial charge in [-0.15, -0.1) is 0 Å². The first kappa shape index (κ1) is 10.9. The summed E-state index contributed by atoms with van der Waals surface area (Å²) < 4.78 is 1.41. The second-order valence-corrected chi connectivity index (χ2v) is 4.60. The molecule has 0 bridgehead atoms. The number of non-ortho nitro benzene ring substituents is 1. The molecule has 1 aliphatic carbocycles. The summed E-state index contributed by atoms with van der Waals surface area (Å²) in [5, 5.41) is 15.8. The van der Waals surface area contributed by atoms with E-state index in [-0.39, 0.29) is 11.2 Å². The van der Waals surface area contributed by atoms with E-state index in [2.05, 4.69) is 5.10 Å². The maximum Gasteiger partial charge on any atom is 0.274 e. The smallest absolute Gasteiger partial charge is 0.267 e. The number of hydrogen-bond donors (Lipinski definition) is 0. The molecule has 0 radical (unpaired) electrons. The summed E-state index contributed by atoms with van der Waals surface area (Å²) in [7, 11) is 0. The van der Waals surface area contributed by atoms with Crippen molar-refractivity contribution in [2.75, 3.05) is 0 Å². The molecule has 3 rings (SSSR count). The number of nitro benzene ring substituents is 1. The van der Waals surface area contributed by atoms with E-state index >= 15 is 0 Å². The van der Waals surface area contributed by atoms with Crippen LogP contribution >= 0.6 is 0 Å². The fraction of sp³-hybridized carbons (Fsp3) is 0.333. The maximum atomic E-state index is 12.1. The van der Waals surface area contributed by atoms with Gasteiger partial charge in [-0.1, -0.05) is 0 Å². The number of rotatable bonds is 3. The van der Waals surface area contributed by atoms with E-state index in [1.807, 2.05) is 0 Å². The largest absolute Gasteiger partial charge is 0.274 e. The van der Waals surface area contributed by atoms with Gasteiger partial charge in [0.25, 0.3) is 11.2 Å². The van der Waals surface area contributed by atoms with Gasteiger partial charge in [0.1, 0.15) is 0 Å². The molecule has 6 heteroatoms. The van der Waals surface area contributed by atoms with Crippen LogP contribution in [0.2, 0.25) is 0 Å². The van der Waals surface area contributed by atoms with Gasteiger partial charge in [0.2, 0.25) is 0 Å². The molecule has 0 amide bonds. The fourth-order valence-electron chi connectivity index (χ4n) is 1.95. The summed E-state index contributed by atoms with van der Waals surface area (Å²) in [6.45, 7) is 0.609. The number of aromatic nitrogens is 2. The quantitative estimate of drug-likeness (QED) is 0.609. The van der Waals surface area contributed by atoms with Crippen LogP contribution in [0.5, 0.6) is 0 Å². The van der Waals surface area contributed by atoms with Crippen molar-refractivity contribution in [3.05, 3.63) is 44.9 Å². The van der Waals surface area contributed by atoms with Gasteiger partial charge < -0.3 is 0 Å². The molecule has 18 heavy (non-hydrogen) atoms. The Kier molecular flexibility index (Phi) is 2.36. The van der Waals surface area contributed by atoms with E-state index in [1.54, 1.807) is 12.3 Å². The Morgan fingerprint density at radius 2 is 2.22 bits per heavy atom. The second-order valence-electron chi connectivity index (χ2n) is 4.60. The lowest BCUT2D eigenvalue weighted by atomic mass is 10.2. The highest BCUT2D eigenvalue weighted by molar-refractivity contribution is 5.82. The van der Waals surface area contributed by atoms with E-state index in [1.165, 1.54) is 16.8 Å². The molecular weight excluding hydrogens is 234 g/mol. The second kappa shape index (κ2) is 3.90. The first-order chi connectivity index (χ1) is 8.65. The van der Waals surface area contributed by atoms with E-state index < -0.39 is 4.92 Å². The van der Waals surface area contributed by atoms with Gasteiger partial charge in [-0.05, 0) is 24.8 Å². The monoisotopic (exact) mass is 245 g/mol. The van der Waals surface area contributed by atoms with E-state index in [9.17, 15) is 14.9 Å². The first-order valence-electron chi connectivity index (χ1n) is 5.79. The molecule has 2 aromatic rings. The third kappa shape index (κ3) is 1.85. The molecule has 0 saturated heterocycles. The Morgan fingerprint density at radius 3 is 2.89 bits per heavy atom. The molecule has 1 heterocycles. The van der Waals surface area contributed by atoms with Gasteiger partial charge in [0.15, 0.2) is 0 Å². The summed E-state index contributed by atoms with van der Waals surface area (Å²) in [6, 6.07) is 4.26. The van der Waals surface area contributed by atoms with Crippen molar-refractivity contribution in [3.8, 4) is 0 Å². The molecule has 0 unspecified atom stereocenters. The summed E-state index contributed by atoms with van der Waals surface area (Å²) in [6.07, 6.45) is 3.84. The summed E-state index contributed by atoms with van der Waals surface area (Å²) >= 11 is 0. The molecule has 6 nitrogen and oxygen atoms in total. The normalized spacial score (nSPS) is 14.9. The van der Waals surface area contributed by atoms with Gasteiger partial charge >= 0.3 is 0 Å². The Morgan fingerprint density at radius 1 is 1.44 bits per heavy atom. The number of fused-ring (bicyclic) bond motifs is 1. The molecule has 1 aromatic carbocycles. The van der Waals surface area contributed by atoms with Crippen molar-refractivity contribution < 1.29 is 4.92 Å². The van der Waals surface area contributed by atoms with Crippen LogP contribution in [-0.4, -0.2) is 14.7 Å². The Labute approximate surface area is 102 Å². The highest BCUT2D eigenvalue weighted by Crippen LogP contribution is 2.30. The fourth-order valence-corrected chi connectivity index (χ4v) is 1.95. The highest BCUT2D eigenvalue weighted by atomic mass is 16.6. The van der Waals surface area contributed by atoms with Crippen LogP contribution < -0.4 is 5.56 Å². The van der Waals surface area contributed by atoms with Crippen LogP contribution in [0.3, 0.4) is 0 Å². The van der Waals surface area contributed by atoms with Crippen LogP contribution in [0.25, 0.3) is 10.8 Å². The molecule has 0 atom stereocenters. The summed E-state index contributed by atoms with van der Waals surface area (Å²) in [5.41, 5.74) is -0.313. The molecule has 1 aliphatic rings. The highest BCUT2D eigenvalue weighted by Gasteiger charge is 2.23. The van der Waals surface area contributed by atoms with Gasteiger partial charge in [-0.3, -0.25) is 14.9 Å². The van der Waals surface area contributed by atoms with Crippen molar-refractivity contribution in [2.24, 2.45) is 5.92 Å². The number of nitro groups is 1. The SMILES string of the molecule is O=c1c2cc([N+](=O)[O-])ccc2cnn1CC1CC1. The van der Waals surface area contributed by atoms with Crippen molar-refractivity contribution in [2.45, 2.75) is 19.4 Å². The van der Waals surface area contributed by atoms with Gasteiger partial charge in [-0.2, -0.15) is 5.10 Å². The van der Waals surface area contributed by atoms with E-state index in [0.29, 0.717) is 23.2 Å². The zero-order valence-corrected chi connectivity index (χ0v) is 9.57. The van der Waals surface area contributed by atoms with Crippen molar-refractivity contribution in [3.63, 3.8) is 0 Å². The van der Waals surface area contributed by atoms with Crippen LogP contribution in [0.1, 0.15) is 12.8 Å². The molecule has 1 fully saturated rings. The average molecular weight is 245 g/mol. The van der Waals surface area contributed by atoms with Crippen molar-refractivity contribution >= 4 is 16.5 Å². The molecule has 1 aromatic heterocycles. The number of hydrogen-bond acceptors (Lipinski definition) is 4. The predicted octanol–water partition coefficient (Wildman–Crippen LogP) is 1.71. The first-order valence-corrected chi connectivity index (χ1v) is 5.79. The molecular formula is C12H11N3O3. The van der Waals surface area contributed by atoms with Crippen LogP contribution in [-0.2, 0) is 6.54 Å². The van der Waals surface area contributed by atoms with Crippen LogP contribution in [0.15, 0.2) is 29.2 Å². The Bertz CT molecular complexity index is 689. The average Bonchev–Trinajstić information content (AvgIpc) is 3.16. The minimum atomic E-state index is -0.495. The lowest BCUT2D eigenvalue weighted by Gasteiger charge is -2.04. The lowest BCUT2D eigenvalue weighted by molar-refractivity contribution is -0.384. The maximum absolute atomic E-state index is 12.1. The Balaban J connectivity index is 2.15. The molecule has 0 spiro atoms. The van der Waals surface area contributed by atoms with E-state index in [4.69, 9.17) is 0 Å². The lowest BCUT2D eigenvalue weighted by Crippen LogP contribution is -2.23. The minimum absolute atomic E-state index is 0.0660. The standard InChI is InChI=1S/C12H11N3O3/c16-12-11-5-10(15(17)18)4-3-9(11)6-13-14(12)7-8-1-2-8/h3-6,8H,1-2,7H2. The van der Waals surface area contributed by atoms with Crippen LogP contribution in [0, 0.1) is 16.0 Å². The zero-order chi connectivity index (χ0) is 12.7. The van der Waals surface area contributed by atoms with Gasteiger partial charge in [0.05, 0.1) is 16.5 Å². The predicted molar refractivity (Wildman–Crippen MR) is 65.4 cm³/mol. The topological polar surface area (TPSA) is 78.0 Å². The zero-order valence-electron chi connectivity index (χ0n) is 9.57. The summed E-state index contributed by atoms with van der Waals surface area (Å²) in [5.74, 6) is 0.534. The third-order valence-electron chi connectivity index (χ3n) is 3.18. The summed E-state index contributed by atoms with van der Waals surface area (Å²) in [4.78, 5) is 22.4. The Hall–Kier alpha value is -2.24. The molecule has 92 valence electrons. The number of nitrogens with zero attached hydrogens (tertiary/aromatic N) is 3. The molecule has 0 N–H and O–H groups in total. The van der Waals surface area contributed by atoms with Crippen molar-refractivity contribution in [1.82, 2.24) is 9.78 Å². The van der Waals surface area contributed by atoms with E-state index in [0.717, 1.165) is 12.8 Å².